The van der Waals surface area contributed by atoms with E-state index in [-0.39, 0.29) is 23.4 Å². The molecular weight excluding hydrogens is 296 g/mol. The van der Waals surface area contributed by atoms with Gasteiger partial charge in [0.2, 0.25) is 11.8 Å². The number of carbonyl (C=O) groups excluding carboxylic acids is 1. The van der Waals surface area contributed by atoms with E-state index < -0.39 is 0 Å². The molecule has 21 heavy (non-hydrogen) atoms. The molecule has 0 aliphatic rings. The van der Waals surface area contributed by atoms with Crippen LogP contribution in [0.2, 0.25) is 5.02 Å². The Labute approximate surface area is 126 Å². The highest BCUT2D eigenvalue weighted by Gasteiger charge is 2.17. The molecule has 0 radical (unpaired) electrons. The van der Waals surface area contributed by atoms with Crippen molar-refractivity contribution < 1.29 is 14.3 Å². The summed E-state index contributed by atoms with van der Waals surface area (Å²) in [4.78, 5) is 20.2. The zero-order chi connectivity index (χ0) is 15.4. The van der Waals surface area contributed by atoms with Gasteiger partial charge < -0.3 is 19.4 Å². The maximum Gasteiger partial charge on any atom is 0.275 e. The molecule has 0 spiro atoms. The largest absolute Gasteiger partial charge is 0.480 e. The molecule has 2 aromatic rings. The first kappa shape index (κ1) is 15.1. The van der Waals surface area contributed by atoms with Crippen molar-refractivity contribution >= 4 is 17.5 Å². The van der Waals surface area contributed by atoms with Crippen LogP contribution in [0.4, 0.5) is 0 Å². The molecule has 7 nitrogen and oxygen atoms in total. The third-order valence-corrected chi connectivity index (χ3v) is 3.05. The Morgan fingerprint density at radius 1 is 1.43 bits per heavy atom. The number of aromatic nitrogens is 3. The van der Waals surface area contributed by atoms with Gasteiger partial charge in [0.15, 0.2) is 5.69 Å². The van der Waals surface area contributed by atoms with Gasteiger partial charge in [-0.05, 0) is 6.07 Å². The van der Waals surface area contributed by atoms with Crippen molar-refractivity contribution in [2.24, 2.45) is 7.05 Å². The lowest BCUT2D eigenvalue weighted by molar-refractivity contribution is 0.0940. The van der Waals surface area contributed by atoms with E-state index in [1.165, 1.54) is 20.4 Å². The van der Waals surface area contributed by atoms with E-state index in [0.29, 0.717) is 11.6 Å². The molecule has 0 atom stereocenters. The van der Waals surface area contributed by atoms with Crippen molar-refractivity contribution in [2.75, 3.05) is 14.2 Å². The maximum atomic E-state index is 12.1. The Morgan fingerprint density at radius 2 is 2.19 bits per heavy atom. The molecule has 0 aromatic carbocycles. The zero-order valence-corrected chi connectivity index (χ0v) is 12.6. The van der Waals surface area contributed by atoms with Crippen LogP contribution in [0.15, 0.2) is 18.5 Å². The second-order valence-corrected chi connectivity index (χ2v) is 4.65. The summed E-state index contributed by atoms with van der Waals surface area (Å²) in [5, 5.41) is 3.35. The molecule has 0 bridgehead atoms. The molecule has 0 saturated heterocycles. The van der Waals surface area contributed by atoms with Crippen molar-refractivity contribution in [3.8, 4) is 11.8 Å². The second-order valence-electron chi connectivity index (χ2n) is 4.21. The monoisotopic (exact) mass is 310 g/mol. The van der Waals surface area contributed by atoms with Gasteiger partial charge in [-0.3, -0.25) is 4.79 Å². The predicted molar refractivity (Wildman–Crippen MR) is 76.7 cm³/mol. The summed E-state index contributed by atoms with van der Waals surface area (Å²) >= 11 is 5.89. The third kappa shape index (κ3) is 3.43. The lowest BCUT2D eigenvalue weighted by atomic mass is 10.3. The van der Waals surface area contributed by atoms with Gasteiger partial charge in [-0.25, -0.2) is 4.98 Å². The predicted octanol–water partition coefficient (Wildman–Crippen LogP) is 1.42. The Morgan fingerprint density at radius 3 is 2.76 bits per heavy atom. The number of halogens is 1. The molecular formula is C13H15ClN4O3. The number of hydrogen-bond acceptors (Lipinski definition) is 5. The van der Waals surface area contributed by atoms with Crippen molar-refractivity contribution in [1.29, 1.82) is 0 Å². The molecule has 0 aliphatic carbocycles. The molecule has 1 amide bonds. The van der Waals surface area contributed by atoms with Crippen LogP contribution in [0.3, 0.4) is 0 Å². The van der Waals surface area contributed by atoms with Gasteiger partial charge in [-0.1, -0.05) is 11.6 Å². The third-order valence-electron chi connectivity index (χ3n) is 2.84. The van der Waals surface area contributed by atoms with E-state index in [4.69, 9.17) is 21.1 Å². The summed E-state index contributed by atoms with van der Waals surface area (Å²) in [6.07, 6.45) is 3.12. The van der Waals surface area contributed by atoms with Gasteiger partial charge in [-0.15, -0.1) is 0 Å². The fourth-order valence-electron chi connectivity index (χ4n) is 1.75. The standard InChI is InChI=1S/C13H15ClN4O3/c1-18-7-8(14)4-9(18)5-16-12(19)11-13(21-3)17-10(20-2)6-15-11/h4,6-7H,5H2,1-3H3,(H,16,19). The number of nitrogens with one attached hydrogen (secondary N) is 1. The van der Waals surface area contributed by atoms with E-state index in [1.807, 2.05) is 11.6 Å². The zero-order valence-electron chi connectivity index (χ0n) is 11.9. The van der Waals surface area contributed by atoms with Crippen LogP contribution in [-0.4, -0.2) is 34.7 Å². The Balaban J connectivity index is 2.11. The van der Waals surface area contributed by atoms with Crippen LogP contribution in [0.25, 0.3) is 0 Å². The van der Waals surface area contributed by atoms with Gasteiger partial charge in [0.05, 0.1) is 32.0 Å². The van der Waals surface area contributed by atoms with E-state index in [0.717, 1.165) is 5.69 Å². The summed E-state index contributed by atoms with van der Waals surface area (Å²) < 4.78 is 11.8. The van der Waals surface area contributed by atoms with Crippen LogP contribution in [0.5, 0.6) is 11.8 Å². The molecule has 1 N–H and O–H groups in total. The van der Waals surface area contributed by atoms with Crippen LogP contribution in [0.1, 0.15) is 16.2 Å². The molecule has 112 valence electrons. The van der Waals surface area contributed by atoms with E-state index >= 15 is 0 Å². The Kier molecular flexibility index (Phi) is 4.64. The molecule has 0 saturated carbocycles. The highest BCUT2D eigenvalue weighted by Crippen LogP contribution is 2.17. The van der Waals surface area contributed by atoms with Crippen LogP contribution < -0.4 is 14.8 Å². The highest BCUT2D eigenvalue weighted by atomic mass is 35.5. The minimum atomic E-state index is -0.390. The van der Waals surface area contributed by atoms with Gasteiger partial charge in [0, 0.05) is 18.9 Å². The van der Waals surface area contributed by atoms with Gasteiger partial charge in [0.25, 0.3) is 5.91 Å². The minimum Gasteiger partial charge on any atom is -0.480 e. The van der Waals surface area contributed by atoms with Crippen molar-refractivity contribution in [3.63, 3.8) is 0 Å². The highest BCUT2D eigenvalue weighted by molar-refractivity contribution is 6.30. The summed E-state index contributed by atoms with van der Waals surface area (Å²) in [5.41, 5.74) is 0.965. The molecule has 8 heteroatoms. The summed E-state index contributed by atoms with van der Waals surface area (Å²) in [5.74, 6) is -0.00583. The number of nitrogens with zero attached hydrogens (tertiary/aromatic N) is 3. The maximum absolute atomic E-state index is 12.1. The average Bonchev–Trinajstić information content (AvgIpc) is 2.81. The molecule has 0 fully saturated rings. The number of carbonyl (C=O) groups is 1. The fourth-order valence-corrected chi connectivity index (χ4v) is 2.02. The van der Waals surface area contributed by atoms with Gasteiger partial charge >= 0.3 is 0 Å². The molecule has 2 rings (SSSR count). The molecule has 2 aromatic heterocycles. The van der Waals surface area contributed by atoms with E-state index in [2.05, 4.69) is 15.3 Å². The lowest BCUT2D eigenvalue weighted by Gasteiger charge is -2.09. The topological polar surface area (TPSA) is 78.3 Å². The number of amides is 1. The number of hydrogen-bond donors (Lipinski definition) is 1. The normalized spacial score (nSPS) is 10.3. The second kappa shape index (κ2) is 6.45. The quantitative estimate of drug-likeness (QED) is 0.903. The van der Waals surface area contributed by atoms with Crippen molar-refractivity contribution in [1.82, 2.24) is 19.9 Å². The van der Waals surface area contributed by atoms with E-state index in [1.54, 1.807) is 12.3 Å². The van der Waals surface area contributed by atoms with Crippen molar-refractivity contribution in [2.45, 2.75) is 6.54 Å². The number of methoxy groups -OCH3 is 2. The summed E-state index contributed by atoms with van der Waals surface area (Å²) in [6, 6.07) is 1.78. The number of rotatable bonds is 5. The van der Waals surface area contributed by atoms with Crippen LogP contribution in [0, 0.1) is 0 Å². The lowest BCUT2D eigenvalue weighted by Crippen LogP contribution is -2.25. The first-order valence-corrected chi connectivity index (χ1v) is 6.47. The SMILES string of the molecule is COc1cnc(C(=O)NCc2cc(Cl)cn2C)c(OC)n1. The fraction of sp³-hybridized carbons (Fsp3) is 0.308. The first-order valence-electron chi connectivity index (χ1n) is 6.09. The Bertz CT molecular complexity index is 657. The molecule has 0 aliphatic heterocycles. The smallest absolute Gasteiger partial charge is 0.275 e. The van der Waals surface area contributed by atoms with E-state index in [9.17, 15) is 4.79 Å². The summed E-state index contributed by atoms with van der Waals surface area (Å²) in [6.45, 7) is 0.318. The minimum absolute atomic E-state index is 0.0959. The number of aryl methyl sites for hydroxylation is 1. The number of ether oxygens (including phenoxy) is 2. The van der Waals surface area contributed by atoms with Gasteiger partial charge in [-0.2, -0.15) is 4.98 Å². The van der Waals surface area contributed by atoms with Gasteiger partial charge in [0.1, 0.15) is 0 Å². The molecule has 2 heterocycles. The average molecular weight is 311 g/mol. The van der Waals surface area contributed by atoms with Crippen LogP contribution >= 0.6 is 11.6 Å². The summed E-state index contributed by atoms with van der Waals surface area (Å²) in [7, 11) is 4.72. The first-order chi connectivity index (χ1) is 10.0. The Hall–Kier alpha value is -2.28. The van der Waals surface area contributed by atoms with Crippen LogP contribution in [-0.2, 0) is 13.6 Å². The molecule has 0 unspecified atom stereocenters. The van der Waals surface area contributed by atoms with Crippen molar-refractivity contribution in [3.05, 3.63) is 34.9 Å².